The van der Waals surface area contributed by atoms with E-state index >= 15 is 0 Å². The van der Waals surface area contributed by atoms with Crippen LogP contribution in [0.4, 0.5) is 0 Å². The van der Waals surface area contributed by atoms with Crippen LogP contribution in [0.1, 0.15) is 12.5 Å². The maximum Gasteiger partial charge on any atom is 0.526 e. The number of ether oxygens (including phenoxy) is 2. The van der Waals surface area contributed by atoms with Gasteiger partial charge in [-0.2, -0.15) is 0 Å². The topological polar surface area (TPSA) is 47.9 Å². The molecule has 1 aliphatic rings. The van der Waals surface area contributed by atoms with Crippen molar-refractivity contribution in [3.8, 4) is 22.6 Å². The predicted molar refractivity (Wildman–Crippen MR) is 91.4 cm³/mol. The van der Waals surface area contributed by atoms with E-state index in [9.17, 15) is 5.02 Å². The minimum atomic E-state index is -0.737. The Bertz CT molecular complexity index is 727. The van der Waals surface area contributed by atoms with E-state index in [0.717, 1.165) is 33.8 Å². The highest BCUT2D eigenvalue weighted by Gasteiger charge is 2.23. The maximum atomic E-state index is 9.50. The Kier molecular flexibility index (Phi) is 4.58. The first kappa shape index (κ1) is 15.5. The van der Waals surface area contributed by atoms with Gasteiger partial charge in [0.1, 0.15) is 0 Å². The molecule has 4 nitrogen and oxygen atoms in total. The van der Waals surface area contributed by atoms with Gasteiger partial charge in [-0.05, 0) is 47.4 Å². The van der Waals surface area contributed by atoms with E-state index in [-0.39, 0.29) is 0 Å². The van der Waals surface area contributed by atoms with Gasteiger partial charge in [-0.25, -0.2) is 0 Å². The highest BCUT2D eigenvalue weighted by Crippen LogP contribution is 2.34. The lowest BCUT2D eigenvalue weighted by atomic mass is 9.81. The second-order valence-corrected chi connectivity index (χ2v) is 5.32. The van der Waals surface area contributed by atoms with E-state index in [4.69, 9.17) is 14.1 Å². The second kappa shape index (κ2) is 6.79. The number of methoxy groups -OCH3 is 1. The fraction of sp³-hybridized carbons (Fsp3) is 0.222. The normalized spacial score (nSPS) is 13.5. The summed E-state index contributed by atoms with van der Waals surface area (Å²) in [5.74, 6) is 1.46. The van der Waals surface area contributed by atoms with Crippen molar-refractivity contribution < 1.29 is 19.2 Å². The van der Waals surface area contributed by atoms with Gasteiger partial charge in [-0.15, -0.1) is 0 Å². The minimum absolute atomic E-state index is 0.510. The molecule has 0 amide bonds. The van der Waals surface area contributed by atoms with Crippen LogP contribution in [0.25, 0.3) is 16.7 Å². The molecule has 2 aromatic carbocycles. The van der Waals surface area contributed by atoms with E-state index in [1.807, 2.05) is 43.3 Å². The molecule has 5 heteroatoms. The summed E-state index contributed by atoms with van der Waals surface area (Å²) in [6.45, 7) is 2.53. The van der Waals surface area contributed by atoms with Crippen molar-refractivity contribution in [1.82, 2.24) is 0 Å². The van der Waals surface area contributed by atoms with Gasteiger partial charge in [0.05, 0.1) is 20.0 Å². The zero-order valence-corrected chi connectivity index (χ0v) is 13.3. The molecule has 0 unspecified atom stereocenters. The van der Waals surface area contributed by atoms with Crippen LogP contribution >= 0.6 is 0 Å². The third kappa shape index (κ3) is 3.35. The summed E-state index contributed by atoms with van der Waals surface area (Å²) in [5, 5.41) is 9.50. The van der Waals surface area contributed by atoms with Crippen LogP contribution in [-0.2, 0) is 4.65 Å². The monoisotopic (exact) mass is 310 g/mol. The Morgan fingerprint density at radius 1 is 1.09 bits per heavy atom. The number of hydrogen-bond donors (Lipinski definition) is 1. The third-order valence-corrected chi connectivity index (χ3v) is 3.79. The SMILES string of the molecule is CCOc1cc(-c2cccc(C3=COB(O)C3)c2)ccc1OC. The van der Waals surface area contributed by atoms with Crippen molar-refractivity contribution in [3.05, 3.63) is 54.3 Å². The highest BCUT2D eigenvalue weighted by atomic mass is 16.5. The largest absolute Gasteiger partial charge is 0.542 e. The first-order chi connectivity index (χ1) is 11.2. The lowest BCUT2D eigenvalue weighted by Crippen LogP contribution is -2.08. The molecule has 0 aromatic heterocycles. The van der Waals surface area contributed by atoms with E-state index in [2.05, 4.69) is 6.07 Å². The Hall–Kier alpha value is -2.40. The first-order valence-corrected chi connectivity index (χ1v) is 7.65. The van der Waals surface area contributed by atoms with Gasteiger partial charge in [0.25, 0.3) is 0 Å². The van der Waals surface area contributed by atoms with Gasteiger partial charge in [0.2, 0.25) is 0 Å². The van der Waals surface area contributed by atoms with Crippen LogP contribution in [0.2, 0.25) is 6.32 Å². The van der Waals surface area contributed by atoms with Crippen molar-refractivity contribution in [3.63, 3.8) is 0 Å². The molecular formula is C18H19BO4. The lowest BCUT2D eigenvalue weighted by molar-refractivity contribution is 0.311. The summed E-state index contributed by atoms with van der Waals surface area (Å²) >= 11 is 0. The van der Waals surface area contributed by atoms with E-state index in [1.54, 1.807) is 13.4 Å². The Morgan fingerprint density at radius 3 is 2.57 bits per heavy atom. The van der Waals surface area contributed by atoms with Crippen LogP contribution < -0.4 is 9.47 Å². The van der Waals surface area contributed by atoms with E-state index in [1.165, 1.54) is 0 Å². The molecule has 0 bridgehead atoms. The standard InChI is InChI=1S/C18H19BO4/c1-3-22-18-10-15(7-8-17(18)21-2)13-5-4-6-14(9-13)16-11-19(20)23-12-16/h4-10,12,20H,3,11H2,1-2H3. The summed E-state index contributed by atoms with van der Waals surface area (Å²) in [5.41, 5.74) is 4.18. The zero-order valence-electron chi connectivity index (χ0n) is 13.3. The van der Waals surface area contributed by atoms with Crippen molar-refractivity contribution in [2.75, 3.05) is 13.7 Å². The molecule has 23 heavy (non-hydrogen) atoms. The maximum absolute atomic E-state index is 9.50. The summed E-state index contributed by atoms with van der Waals surface area (Å²) in [4.78, 5) is 0. The summed E-state index contributed by atoms with van der Waals surface area (Å²) in [7, 11) is 0.898. The summed E-state index contributed by atoms with van der Waals surface area (Å²) < 4.78 is 16.1. The molecule has 0 spiro atoms. The van der Waals surface area contributed by atoms with Crippen LogP contribution in [0.3, 0.4) is 0 Å². The van der Waals surface area contributed by atoms with Gasteiger partial charge in [0, 0.05) is 6.32 Å². The van der Waals surface area contributed by atoms with Gasteiger partial charge >= 0.3 is 7.12 Å². The van der Waals surface area contributed by atoms with Crippen LogP contribution in [-0.4, -0.2) is 25.9 Å². The second-order valence-electron chi connectivity index (χ2n) is 5.32. The number of allylic oxidation sites excluding steroid dienone is 1. The molecule has 0 saturated carbocycles. The van der Waals surface area contributed by atoms with Crippen molar-refractivity contribution in [1.29, 1.82) is 0 Å². The fourth-order valence-electron chi connectivity index (χ4n) is 2.65. The number of rotatable bonds is 5. The Labute approximate surface area is 136 Å². The first-order valence-electron chi connectivity index (χ1n) is 7.65. The van der Waals surface area contributed by atoms with Crippen LogP contribution in [0.15, 0.2) is 48.7 Å². The molecule has 2 aromatic rings. The molecular weight excluding hydrogens is 291 g/mol. The Morgan fingerprint density at radius 2 is 1.87 bits per heavy atom. The van der Waals surface area contributed by atoms with Gasteiger partial charge < -0.3 is 19.2 Å². The average Bonchev–Trinajstić information content (AvgIpc) is 3.02. The average molecular weight is 310 g/mol. The third-order valence-electron chi connectivity index (χ3n) is 3.79. The molecule has 1 aliphatic heterocycles. The minimum Gasteiger partial charge on any atom is -0.542 e. The molecule has 1 heterocycles. The molecule has 0 saturated heterocycles. The number of benzene rings is 2. The molecule has 0 radical (unpaired) electrons. The highest BCUT2D eigenvalue weighted by molar-refractivity contribution is 6.47. The van der Waals surface area contributed by atoms with Crippen LogP contribution in [0.5, 0.6) is 11.5 Å². The lowest BCUT2D eigenvalue weighted by Gasteiger charge is -2.12. The fourth-order valence-corrected chi connectivity index (χ4v) is 2.65. The number of hydrogen-bond acceptors (Lipinski definition) is 4. The van der Waals surface area contributed by atoms with Gasteiger partial charge in [-0.1, -0.05) is 24.3 Å². The molecule has 0 fully saturated rings. The molecule has 118 valence electrons. The van der Waals surface area contributed by atoms with E-state index in [0.29, 0.717) is 12.9 Å². The van der Waals surface area contributed by atoms with Crippen molar-refractivity contribution >= 4 is 12.7 Å². The Balaban J connectivity index is 1.94. The van der Waals surface area contributed by atoms with Gasteiger partial charge in [-0.3, -0.25) is 0 Å². The van der Waals surface area contributed by atoms with Crippen molar-refractivity contribution in [2.45, 2.75) is 13.2 Å². The summed E-state index contributed by atoms with van der Waals surface area (Å²) in [6.07, 6.45) is 2.14. The van der Waals surface area contributed by atoms with Crippen molar-refractivity contribution in [2.24, 2.45) is 0 Å². The molecule has 1 N–H and O–H groups in total. The quantitative estimate of drug-likeness (QED) is 0.857. The predicted octanol–water partition coefficient (Wildman–Crippen LogP) is 3.61. The smallest absolute Gasteiger partial charge is 0.526 e. The zero-order chi connectivity index (χ0) is 16.2. The van der Waals surface area contributed by atoms with Crippen LogP contribution in [0, 0.1) is 0 Å². The summed E-state index contributed by atoms with van der Waals surface area (Å²) in [6, 6.07) is 14.1. The van der Waals surface area contributed by atoms with E-state index < -0.39 is 7.12 Å². The van der Waals surface area contributed by atoms with Gasteiger partial charge in [0.15, 0.2) is 11.5 Å². The molecule has 3 rings (SSSR count). The molecule has 0 atom stereocenters. The molecule has 0 aliphatic carbocycles.